The molecule has 0 saturated carbocycles. The molecule has 242 valence electrons. The number of carbonyl (C=O) groups is 2. The van der Waals surface area contributed by atoms with Crippen LogP contribution in [0.3, 0.4) is 0 Å². The third kappa shape index (κ3) is 15.9. The van der Waals surface area contributed by atoms with Gasteiger partial charge < -0.3 is 4.74 Å². The number of rotatable bonds is 24. The van der Waals surface area contributed by atoms with E-state index in [1.54, 1.807) is 6.08 Å². The fraction of sp³-hybridized carbons (Fsp3) is 0.463. The fourth-order valence-corrected chi connectivity index (χ4v) is 5.69. The standard InChI is InChI=1S/C41H55NO3/c1-2-3-4-5-6-7-8-9-10-11-12-13-23-30-39(43)31-32-40(41(44)45-35-38-28-21-16-22-29-38)42(33-36-24-17-14-18-25-36)34-37-26-19-15-20-27-37/h14-30,40H,2-13,31-35H2,1H3/b30-23+/t40-/m0/s1. The van der Waals surface area contributed by atoms with E-state index in [0.29, 0.717) is 25.9 Å². The van der Waals surface area contributed by atoms with Crippen LogP contribution in [0.15, 0.2) is 103 Å². The lowest BCUT2D eigenvalue weighted by molar-refractivity contribution is -0.152. The normalized spacial score (nSPS) is 12.0. The third-order valence-corrected chi connectivity index (χ3v) is 8.34. The summed E-state index contributed by atoms with van der Waals surface area (Å²) >= 11 is 0. The third-order valence-electron chi connectivity index (χ3n) is 8.34. The first kappa shape index (κ1) is 36.0. The van der Waals surface area contributed by atoms with E-state index < -0.39 is 6.04 Å². The topological polar surface area (TPSA) is 46.6 Å². The molecule has 3 aromatic carbocycles. The molecule has 0 amide bonds. The molecular weight excluding hydrogens is 554 g/mol. The minimum absolute atomic E-state index is 0.0679. The van der Waals surface area contributed by atoms with Crippen LogP contribution in [-0.4, -0.2) is 22.7 Å². The summed E-state index contributed by atoms with van der Waals surface area (Å²) in [5, 5.41) is 0. The van der Waals surface area contributed by atoms with Gasteiger partial charge in [-0.15, -0.1) is 0 Å². The number of ether oxygens (including phenoxy) is 1. The van der Waals surface area contributed by atoms with Crippen LogP contribution in [0.25, 0.3) is 0 Å². The van der Waals surface area contributed by atoms with Crippen molar-refractivity contribution < 1.29 is 14.3 Å². The van der Waals surface area contributed by atoms with E-state index in [4.69, 9.17) is 4.74 Å². The average Bonchev–Trinajstić information content (AvgIpc) is 3.07. The van der Waals surface area contributed by atoms with Crippen LogP contribution >= 0.6 is 0 Å². The second kappa shape index (κ2) is 22.9. The van der Waals surface area contributed by atoms with Crippen molar-refractivity contribution in [3.05, 3.63) is 120 Å². The van der Waals surface area contributed by atoms with Gasteiger partial charge in [-0.1, -0.05) is 168 Å². The second-order valence-electron chi connectivity index (χ2n) is 12.2. The summed E-state index contributed by atoms with van der Waals surface area (Å²) in [6.07, 6.45) is 19.9. The zero-order valence-corrected chi connectivity index (χ0v) is 27.6. The lowest BCUT2D eigenvalue weighted by atomic mass is 10.0. The molecule has 0 heterocycles. The Kier molecular flexibility index (Phi) is 18.3. The molecule has 4 heteroatoms. The summed E-state index contributed by atoms with van der Waals surface area (Å²) in [5.41, 5.74) is 3.18. The first-order valence-electron chi connectivity index (χ1n) is 17.4. The molecule has 0 unspecified atom stereocenters. The number of hydrogen-bond donors (Lipinski definition) is 0. The minimum Gasteiger partial charge on any atom is -0.460 e. The Morgan fingerprint density at radius 2 is 1.11 bits per heavy atom. The molecule has 0 aromatic heterocycles. The van der Waals surface area contributed by atoms with Gasteiger partial charge in [-0.05, 0) is 42.0 Å². The van der Waals surface area contributed by atoms with Crippen LogP contribution < -0.4 is 0 Å². The number of nitrogens with zero attached hydrogens (tertiary/aromatic N) is 1. The van der Waals surface area contributed by atoms with Gasteiger partial charge in [0, 0.05) is 19.5 Å². The number of hydrogen-bond acceptors (Lipinski definition) is 4. The van der Waals surface area contributed by atoms with Gasteiger partial charge in [-0.25, -0.2) is 0 Å². The molecular formula is C41H55NO3. The molecule has 3 rings (SSSR count). The van der Waals surface area contributed by atoms with Crippen LogP contribution in [0.5, 0.6) is 0 Å². The molecule has 0 saturated heterocycles. The van der Waals surface area contributed by atoms with Crippen molar-refractivity contribution in [2.75, 3.05) is 0 Å². The van der Waals surface area contributed by atoms with Crippen molar-refractivity contribution in [3.8, 4) is 0 Å². The highest BCUT2D eigenvalue weighted by Crippen LogP contribution is 2.20. The Morgan fingerprint density at radius 1 is 0.644 bits per heavy atom. The van der Waals surface area contributed by atoms with Crippen LogP contribution in [0.4, 0.5) is 0 Å². The summed E-state index contributed by atoms with van der Waals surface area (Å²) < 4.78 is 5.85. The van der Waals surface area contributed by atoms with Gasteiger partial charge in [0.2, 0.25) is 0 Å². The molecule has 1 atom stereocenters. The van der Waals surface area contributed by atoms with Gasteiger partial charge in [0.25, 0.3) is 0 Å². The summed E-state index contributed by atoms with van der Waals surface area (Å²) in [6, 6.07) is 29.6. The zero-order chi connectivity index (χ0) is 31.8. The molecule has 0 aliphatic carbocycles. The minimum atomic E-state index is -0.543. The second-order valence-corrected chi connectivity index (χ2v) is 12.2. The summed E-state index contributed by atoms with van der Waals surface area (Å²) in [7, 11) is 0. The van der Waals surface area contributed by atoms with Gasteiger partial charge in [0.15, 0.2) is 5.78 Å². The lowest BCUT2D eigenvalue weighted by Crippen LogP contribution is -2.41. The molecule has 3 aromatic rings. The molecule has 0 bridgehead atoms. The number of carbonyl (C=O) groups excluding carboxylic acids is 2. The number of benzene rings is 3. The van der Waals surface area contributed by atoms with E-state index in [9.17, 15) is 9.59 Å². The van der Waals surface area contributed by atoms with Crippen molar-refractivity contribution in [1.82, 2.24) is 4.90 Å². The Bertz CT molecular complexity index is 1170. The van der Waals surface area contributed by atoms with Crippen molar-refractivity contribution in [2.24, 2.45) is 0 Å². The zero-order valence-electron chi connectivity index (χ0n) is 27.6. The largest absolute Gasteiger partial charge is 0.460 e. The van der Waals surface area contributed by atoms with Gasteiger partial charge in [0.1, 0.15) is 12.6 Å². The maximum Gasteiger partial charge on any atom is 0.323 e. The van der Waals surface area contributed by atoms with Gasteiger partial charge in [-0.2, -0.15) is 0 Å². The van der Waals surface area contributed by atoms with E-state index in [1.165, 1.54) is 64.2 Å². The van der Waals surface area contributed by atoms with Crippen LogP contribution in [0, 0.1) is 0 Å². The average molecular weight is 610 g/mol. The highest BCUT2D eigenvalue weighted by Gasteiger charge is 2.28. The molecule has 0 aliphatic rings. The Hall–Kier alpha value is -3.50. The predicted molar refractivity (Wildman–Crippen MR) is 187 cm³/mol. The predicted octanol–water partition coefficient (Wildman–Crippen LogP) is 10.4. The Labute approximate surface area is 272 Å². The number of esters is 1. The lowest BCUT2D eigenvalue weighted by Gasteiger charge is -2.30. The van der Waals surface area contributed by atoms with Crippen molar-refractivity contribution in [2.45, 2.75) is 123 Å². The van der Waals surface area contributed by atoms with E-state index in [0.717, 1.165) is 29.5 Å². The first-order valence-corrected chi connectivity index (χ1v) is 17.4. The molecule has 0 N–H and O–H groups in total. The molecule has 0 radical (unpaired) electrons. The SMILES string of the molecule is CCCCCCCCCCCCC/C=C/C(=O)CC[C@@H](C(=O)OCc1ccccc1)N(Cc1ccccc1)Cc1ccccc1. The Balaban J connectivity index is 1.52. The maximum atomic E-state index is 13.6. The van der Waals surface area contributed by atoms with E-state index >= 15 is 0 Å². The fourth-order valence-electron chi connectivity index (χ4n) is 5.69. The number of ketones is 1. The summed E-state index contributed by atoms with van der Waals surface area (Å²) in [5.74, 6) is -0.221. The van der Waals surface area contributed by atoms with E-state index in [1.807, 2.05) is 72.8 Å². The molecule has 45 heavy (non-hydrogen) atoms. The van der Waals surface area contributed by atoms with Gasteiger partial charge in [-0.3, -0.25) is 14.5 Å². The molecule has 4 nitrogen and oxygen atoms in total. The first-order chi connectivity index (χ1) is 22.2. The molecule has 0 spiro atoms. The highest BCUT2D eigenvalue weighted by molar-refractivity contribution is 5.90. The molecule has 0 fully saturated rings. The monoisotopic (exact) mass is 609 g/mol. The van der Waals surface area contributed by atoms with Crippen molar-refractivity contribution >= 4 is 11.8 Å². The van der Waals surface area contributed by atoms with Crippen LogP contribution in [-0.2, 0) is 34.0 Å². The van der Waals surface area contributed by atoms with Crippen LogP contribution in [0.2, 0.25) is 0 Å². The van der Waals surface area contributed by atoms with Gasteiger partial charge >= 0.3 is 5.97 Å². The smallest absolute Gasteiger partial charge is 0.323 e. The van der Waals surface area contributed by atoms with E-state index in [2.05, 4.69) is 36.1 Å². The Morgan fingerprint density at radius 3 is 1.62 bits per heavy atom. The quantitative estimate of drug-likeness (QED) is 0.0576. The molecule has 0 aliphatic heterocycles. The van der Waals surface area contributed by atoms with Crippen molar-refractivity contribution in [3.63, 3.8) is 0 Å². The van der Waals surface area contributed by atoms with Gasteiger partial charge in [0.05, 0.1) is 0 Å². The number of unbranched alkanes of at least 4 members (excludes halogenated alkanes) is 11. The van der Waals surface area contributed by atoms with Crippen molar-refractivity contribution in [1.29, 1.82) is 0 Å². The van der Waals surface area contributed by atoms with E-state index in [-0.39, 0.29) is 18.4 Å². The summed E-state index contributed by atoms with van der Waals surface area (Å²) in [6.45, 7) is 3.66. The number of allylic oxidation sites excluding steroid dienone is 2. The van der Waals surface area contributed by atoms with Crippen LogP contribution in [0.1, 0.15) is 114 Å². The highest BCUT2D eigenvalue weighted by atomic mass is 16.5. The summed E-state index contributed by atoms with van der Waals surface area (Å²) in [4.78, 5) is 28.7. The maximum absolute atomic E-state index is 13.6.